The van der Waals surface area contributed by atoms with Gasteiger partial charge in [0.1, 0.15) is 0 Å². The van der Waals surface area contributed by atoms with Crippen LogP contribution in [0.25, 0.3) is 0 Å². The van der Waals surface area contributed by atoms with Crippen molar-refractivity contribution in [3.8, 4) is 0 Å². The Balaban J connectivity index is 1.68. The van der Waals surface area contributed by atoms with E-state index in [1.54, 1.807) is 7.11 Å². The van der Waals surface area contributed by atoms with E-state index in [0.717, 1.165) is 19.5 Å². The summed E-state index contributed by atoms with van der Waals surface area (Å²) >= 11 is 0. The monoisotopic (exact) mass is 278 g/mol. The second-order valence-corrected chi connectivity index (χ2v) is 5.44. The van der Waals surface area contributed by atoms with Crippen molar-refractivity contribution in [3.63, 3.8) is 0 Å². The zero-order valence-corrected chi connectivity index (χ0v) is 12.3. The van der Waals surface area contributed by atoms with Crippen molar-refractivity contribution in [1.82, 2.24) is 5.32 Å². The molecule has 0 spiro atoms. The van der Waals surface area contributed by atoms with Gasteiger partial charge < -0.3 is 20.1 Å². The molecule has 1 aliphatic heterocycles. The molecule has 20 heavy (non-hydrogen) atoms. The predicted molar refractivity (Wildman–Crippen MR) is 82.1 cm³/mol. The highest BCUT2D eigenvalue weighted by Gasteiger charge is 2.11. The fourth-order valence-corrected chi connectivity index (χ4v) is 2.58. The van der Waals surface area contributed by atoms with E-state index in [4.69, 9.17) is 4.74 Å². The van der Waals surface area contributed by atoms with Crippen molar-refractivity contribution in [2.75, 3.05) is 38.3 Å². The second kappa shape index (κ2) is 8.25. The highest BCUT2D eigenvalue weighted by Crippen LogP contribution is 2.20. The summed E-state index contributed by atoms with van der Waals surface area (Å²) in [7, 11) is 1.61. The molecular formula is C16H26N2O2. The molecule has 0 saturated carbocycles. The van der Waals surface area contributed by atoms with E-state index in [-0.39, 0.29) is 6.10 Å². The van der Waals surface area contributed by atoms with Gasteiger partial charge in [0.25, 0.3) is 0 Å². The maximum atomic E-state index is 9.53. The van der Waals surface area contributed by atoms with Gasteiger partial charge in [-0.25, -0.2) is 0 Å². The molecule has 1 atom stereocenters. The number of aliphatic hydroxyl groups excluding tert-OH is 1. The summed E-state index contributed by atoms with van der Waals surface area (Å²) in [6.07, 6.45) is 2.98. The summed E-state index contributed by atoms with van der Waals surface area (Å²) in [5.41, 5.74) is 2.62. The van der Waals surface area contributed by atoms with E-state index in [2.05, 4.69) is 34.5 Å². The van der Waals surface area contributed by atoms with Gasteiger partial charge >= 0.3 is 0 Å². The summed E-state index contributed by atoms with van der Waals surface area (Å²) in [4.78, 5) is 2.44. The SMILES string of the molecule is COCC(O)CCNCc1ccc(N2CCCC2)cc1. The maximum absolute atomic E-state index is 9.53. The lowest BCUT2D eigenvalue weighted by atomic mass is 10.2. The Hall–Kier alpha value is -1.10. The van der Waals surface area contributed by atoms with Crippen LogP contribution in [0.5, 0.6) is 0 Å². The lowest BCUT2D eigenvalue weighted by molar-refractivity contribution is 0.0594. The molecule has 0 radical (unpaired) electrons. The molecule has 1 aromatic rings. The lowest BCUT2D eigenvalue weighted by Crippen LogP contribution is -2.23. The van der Waals surface area contributed by atoms with Crippen molar-refractivity contribution in [1.29, 1.82) is 0 Å². The van der Waals surface area contributed by atoms with Gasteiger partial charge in [0, 0.05) is 32.4 Å². The third-order valence-corrected chi connectivity index (χ3v) is 3.75. The zero-order chi connectivity index (χ0) is 14.2. The molecule has 112 valence electrons. The van der Waals surface area contributed by atoms with Crippen molar-refractivity contribution in [2.24, 2.45) is 0 Å². The van der Waals surface area contributed by atoms with Gasteiger partial charge in [-0.15, -0.1) is 0 Å². The van der Waals surface area contributed by atoms with E-state index in [9.17, 15) is 5.11 Å². The number of benzene rings is 1. The Bertz CT molecular complexity index is 375. The van der Waals surface area contributed by atoms with Crippen molar-refractivity contribution >= 4 is 5.69 Å². The Kier molecular flexibility index (Phi) is 6.30. The summed E-state index contributed by atoms with van der Waals surface area (Å²) in [6.45, 7) is 4.44. The summed E-state index contributed by atoms with van der Waals surface area (Å²) in [5.74, 6) is 0. The normalized spacial score (nSPS) is 16.6. The average molecular weight is 278 g/mol. The number of rotatable bonds is 8. The first-order valence-electron chi connectivity index (χ1n) is 7.51. The molecule has 1 aromatic carbocycles. The van der Waals surface area contributed by atoms with Crippen LogP contribution in [-0.2, 0) is 11.3 Å². The Morgan fingerprint density at radius 1 is 1.25 bits per heavy atom. The van der Waals surface area contributed by atoms with Crippen LogP contribution in [0.1, 0.15) is 24.8 Å². The van der Waals surface area contributed by atoms with Crippen LogP contribution in [0.2, 0.25) is 0 Å². The quantitative estimate of drug-likeness (QED) is 0.712. The number of hydrogen-bond acceptors (Lipinski definition) is 4. The smallest absolute Gasteiger partial charge is 0.0785 e. The molecule has 0 aliphatic carbocycles. The second-order valence-electron chi connectivity index (χ2n) is 5.44. The maximum Gasteiger partial charge on any atom is 0.0785 e. The van der Waals surface area contributed by atoms with Gasteiger partial charge in [0.05, 0.1) is 12.7 Å². The molecule has 4 heteroatoms. The fraction of sp³-hybridized carbons (Fsp3) is 0.625. The van der Waals surface area contributed by atoms with Gasteiger partial charge in [-0.3, -0.25) is 0 Å². The number of hydrogen-bond donors (Lipinski definition) is 2. The Labute approximate surface area is 121 Å². The molecule has 1 aliphatic rings. The number of anilines is 1. The number of aliphatic hydroxyl groups is 1. The van der Waals surface area contributed by atoms with Crippen molar-refractivity contribution in [2.45, 2.75) is 31.9 Å². The largest absolute Gasteiger partial charge is 0.391 e. The van der Waals surface area contributed by atoms with E-state index in [1.165, 1.54) is 37.2 Å². The van der Waals surface area contributed by atoms with Crippen LogP contribution in [0.3, 0.4) is 0 Å². The van der Waals surface area contributed by atoms with Crippen molar-refractivity contribution < 1.29 is 9.84 Å². The minimum Gasteiger partial charge on any atom is -0.391 e. The topological polar surface area (TPSA) is 44.7 Å². The number of ether oxygens (including phenoxy) is 1. The first-order chi connectivity index (χ1) is 9.79. The third kappa shape index (κ3) is 4.78. The van der Waals surface area contributed by atoms with Crippen LogP contribution in [0.4, 0.5) is 5.69 Å². The number of nitrogens with zero attached hydrogens (tertiary/aromatic N) is 1. The Morgan fingerprint density at radius 3 is 2.60 bits per heavy atom. The Morgan fingerprint density at radius 2 is 1.95 bits per heavy atom. The van der Waals surface area contributed by atoms with Crippen LogP contribution in [0.15, 0.2) is 24.3 Å². The summed E-state index contributed by atoms with van der Waals surface area (Å²) < 4.78 is 4.90. The average Bonchev–Trinajstić information content (AvgIpc) is 2.99. The van der Waals surface area contributed by atoms with Gasteiger partial charge in [0.15, 0.2) is 0 Å². The van der Waals surface area contributed by atoms with E-state index in [0.29, 0.717) is 6.61 Å². The molecule has 0 bridgehead atoms. The lowest BCUT2D eigenvalue weighted by Gasteiger charge is -2.17. The fourth-order valence-electron chi connectivity index (χ4n) is 2.58. The first kappa shape index (κ1) is 15.3. The van der Waals surface area contributed by atoms with Gasteiger partial charge in [-0.2, -0.15) is 0 Å². The van der Waals surface area contributed by atoms with E-state index in [1.807, 2.05) is 0 Å². The molecular weight excluding hydrogens is 252 g/mol. The first-order valence-corrected chi connectivity index (χ1v) is 7.51. The molecule has 1 unspecified atom stereocenters. The molecule has 1 fully saturated rings. The van der Waals surface area contributed by atoms with Crippen LogP contribution >= 0.6 is 0 Å². The molecule has 0 aromatic heterocycles. The predicted octanol–water partition coefficient (Wildman–Crippen LogP) is 1.77. The number of methoxy groups -OCH3 is 1. The van der Waals surface area contributed by atoms with Crippen molar-refractivity contribution in [3.05, 3.63) is 29.8 Å². The minimum absolute atomic E-state index is 0.370. The molecule has 1 heterocycles. The zero-order valence-electron chi connectivity index (χ0n) is 12.3. The summed E-state index contributed by atoms with van der Waals surface area (Å²) in [6, 6.07) is 8.79. The highest BCUT2D eigenvalue weighted by molar-refractivity contribution is 5.48. The minimum atomic E-state index is -0.370. The van der Waals surface area contributed by atoms with Gasteiger partial charge in [-0.05, 0) is 43.5 Å². The van der Waals surface area contributed by atoms with E-state index >= 15 is 0 Å². The van der Waals surface area contributed by atoms with Gasteiger partial charge in [-0.1, -0.05) is 12.1 Å². The standard InChI is InChI=1S/C16H26N2O2/c1-20-13-16(19)8-9-17-12-14-4-6-15(7-5-14)18-10-2-3-11-18/h4-7,16-17,19H,2-3,8-13H2,1H3. The highest BCUT2D eigenvalue weighted by atomic mass is 16.5. The van der Waals surface area contributed by atoms with Crippen LogP contribution in [-0.4, -0.2) is 44.6 Å². The molecule has 1 saturated heterocycles. The molecule has 2 rings (SSSR count). The van der Waals surface area contributed by atoms with Crippen LogP contribution in [0, 0.1) is 0 Å². The molecule has 4 nitrogen and oxygen atoms in total. The van der Waals surface area contributed by atoms with Gasteiger partial charge in [0.2, 0.25) is 0 Å². The number of nitrogens with one attached hydrogen (secondary N) is 1. The molecule has 0 amide bonds. The van der Waals surface area contributed by atoms with E-state index < -0.39 is 0 Å². The summed E-state index contributed by atoms with van der Waals surface area (Å²) in [5, 5.41) is 12.9. The third-order valence-electron chi connectivity index (χ3n) is 3.75. The van der Waals surface area contributed by atoms with Crippen LogP contribution < -0.4 is 10.2 Å². The molecule has 2 N–H and O–H groups in total.